The molecule has 0 unspecified atom stereocenters. The minimum atomic E-state index is 0.485. The first kappa shape index (κ1) is 11.8. The molecule has 2 heterocycles. The number of rotatable bonds is 2. The molecule has 0 aliphatic heterocycles. The summed E-state index contributed by atoms with van der Waals surface area (Å²) in [5.74, 6) is 0.485. The van der Waals surface area contributed by atoms with Crippen molar-refractivity contribution in [3.05, 3.63) is 6.33 Å². The number of nitrogen functional groups attached to an aromatic ring is 1. The normalized spacial score (nSPS) is 17.4. The molecule has 5 nitrogen and oxygen atoms in total. The third-order valence-corrected chi connectivity index (χ3v) is 4.13. The van der Waals surface area contributed by atoms with E-state index in [1.807, 2.05) is 12.6 Å². The third-order valence-electron chi connectivity index (χ3n) is 3.58. The van der Waals surface area contributed by atoms with E-state index in [-0.39, 0.29) is 0 Å². The van der Waals surface area contributed by atoms with Gasteiger partial charge in [-0.05, 0) is 19.1 Å². The lowest BCUT2D eigenvalue weighted by molar-refractivity contribution is 0.358. The van der Waals surface area contributed by atoms with Crippen molar-refractivity contribution < 1.29 is 0 Å². The lowest BCUT2D eigenvalue weighted by Gasteiger charge is -2.23. The summed E-state index contributed by atoms with van der Waals surface area (Å²) >= 11 is 1.51. The molecule has 0 atom stereocenters. The maximum absolute atomic E-state index is 5.94. The van der Waals surface area contributed by atoms with Gasteiger partial charge < -0.3 is 10.3 Å². The Hall–Kier alpha value is -1.30. The minimum Gasteiger partial charge on any atom is -0.382 e. The summed E-state index contributed by atoms with van der Waals surface area (Å²) in [5.41, 5.74) is 7.56. The zero-order valence-electron chi connectivity index (χ0n) is 10.5. The Bertz CT molecular complexity index is 559. The van der Waals surface area contributed by atoms with Gasteiger partial charge in [-0.2, -0.15) is 0 Å². The Balaban J connectivity index is 2.09. The topological polar surface area (TPSA) is 69.6 Å². The van der Waals surface area contributed by atoms with Crippen LogP contribution in [0.1, 0.15) is 38.1 Å². The van der Waals surface area contributed by atoms with E-state index < -0.39 is 0 Å². The average Bonchev–Trinajstić information content (AvgIpc) is 2.84. The van der Waals surface area contributed by atoms with E-state index in [1.54, 1.807) is 0 Å². The largest absolute Gasteiger partial charge is 0.382 e. The Morgan fingerprint density at radius 3 is 2.78 bits per heavy atom. The van der Waals surface area contributed by atoms with E-state index in [4.69, 9.17) is 5.73 Å². The molecule has 0 aromatic carbocycles. The third kappa shape index (κ3) is 1.94. The fourth-order valence-corrected chi connectivity index (χ4v) is 3.00. The predicted molar refractivity (Wildman–Crippen MR) is 73.6 cm³/mol. The molecule has 0 bridgehead atoms. The highest BCUT2D eigenvalue weighted by atomic mass is 32.2. The summed E-state index contributed by atoms with van der Waals surface area (Å²) in [6, 6.07) is 0.521. The molecule has 6 heteroatoms. The van der Waals surface area contributed by atoms with Gasteiger partial charge in [0.25, 0.3) is 0 Å². The van der Waals surface area contributed by atoms with Gasteiger partial charge >= 0.3 is 0 Å². The number of hydrogen-bond acceptors (Lipinski definition) is 5. The van der Waals surface area contributed by atoms with Crippen LogP contribution in [-0.4, -0.2) is 25.8 Å². The molecule has 2 aromatic heterocycles. The number of anilines is 1. The molecule has 1 saturated carbocycles. The van der Waals surface area contributed by atoms with Gasteiger partial charge in [-0.3, -0.25) is 0 Å². The van der Waals surface area contributed by atoms with Crippen LogP contribution in [0.15, 0.2) is 11.5 Å². The highest BCUT2D eigenvalue weighted by Crippen LogP contribution is 2.31. The SMILES string of the molecule is CSc1nc(N)c2ncn(C3CCCCC3)c2n1. The number of fused-ring (bicyclic) bond motifs is 1. The van der Waals surface area contributed by atoms with Crippen LogP contribution in [0.5, 0.6) is 0 Å². The summed E-state index contributed by atoms with van der Waals surface area (Å²) in [5, 5.41) is 0.720. The van der Waals surface area contributed by atoms with E-state index in [0.717, 1.165) is 16.3 Å². The van der Waals surface area contributed by atoms with Gasteiger partial charge in [0, 0.05) is 6.04 Å². The van der Waals surface area contributed by atoms with Crippen LogP contribution in [0.2, 0.25) is 0 Å². The maximum Gasteiger partial charge on any atom is 0.191 e. The van der Waals surface area contributed by atoms with Gasteiger partial charge in [0.2, 0.25) is 0 Å². The van der Waals surface area contributed by atoms with Gasteiger partial charge in [-0.1, -0.05) is 31.0 Å². The predicted octanol–water partition coefficient (Wildman–Crippen LogP) is 2.64. The van der Waals surface area contributed by atoms with Crippen LogP contribution in [0.25, 0.3) is 11.2 Å². The Morgan fingerprint density at radius 2 is 2.06 bits per heavy atom. The van der Waals surface area contributed by atoms with Crippen molar-refractivity contribution in [2.75, 3.05) is 12.0 Å². The van der Waals surface area contributed by atoms with Crippen molar-refractivity contribution in [3.63, 3.8) is 0 Å². The van der Waals surface area contributed by atoms with Gasteiger partial charge in [-0.25, -0.2) is 15.0 Å². The molecule has 96 valence electrons. The summed E-state index contributed by atoms with van der Waals surface area (Å²) in [6.07, 6.45) is 10.2. The summed E-state index contributed by atoms with van der Waals surface area (Å²) in [7, 11) is 0. The van der Waals surface area contributed by atoms with Gasteiger partial charge in [0.1, 0.15) is 5.52 Å². The van der Waals surface area contributed by atoms with Crippen molar-refractivity contribution in [1.29, 1.82) is 0 Å². The van der Waals surface area contributed by atoms with E-state index in [9.17, 15) is 0 Å². The smallest absolute Gasteiger partial charge is 0.191 e. The molecule has 0 radical (unpaired) electrons. The second-order valence-electron chi connectivity index (χ2n) is 4.71. The summed E-state index contributed by atoms with van der Waals surface area (Å²) in [4.78, 5) is 13.2. The molecule has 3 rings (SSSR count). The van der Waals surface area contributed by atoms with Gasteiger partial charge in [0.15, 0.2) is 16.6 Å². The molecule has 0 saturated heterocycles. The maximum atomic E-state index is 5.94. The van der Waals surface area contributed by atoms with Crippen molar-refractivity contribution in [2.45, 2.75) is 43.3 Å². The quantitative estimate of drug-likeness (QED) is 0.666. The van der Waals surface area contributed by atoms with Gasteiger partial charge in [0.05, 0.1) is 6.33 Å². The van der Waals surface area contributed by atoms with E-state index in [2.05, 4.69) is 19.5 Å². The highest BCUT2D eigenvalue weighted by Gasteiger charge is 2.19. The Kier molecular flexibility index (Phi) is 3.11. The number of imidazole rings is 1. The molecule has 0 amide bonds. The zero-order valence-corrected chi connectivity index (χ0v) is 11.3. The van der Waals surface area contributed by atoms with Crippen LogP contribution in [0.4, 0.5) is 5.82 Å². The molecule has 1 aliphatic rings. The van der Waals surface area contributed by atoms with Crippen LogP contribution in [0, 0.1) is 0 Å². The molecule has 18 heavy (non-hydrogen) atoms. The van der Waals surface area contributed by atoms with E-state index in [0.29, 0.717) is 11.9 Å². The first-order valence-electron chi connectivity index (χ1n) is 6.33. The number of hydrogen-bond donors (Lipinski definition) is 1. The Labute approximate surface area is 110 Å². The fraction of sp³-hybridized carbons (Fsp3) is 0.583. The van der Waals surface area contributed by atoms with E-state index in [1.165, 1.54) is 43.9 Å². The molecule has 1 aliphatic carbocycles. The van der Waals surface area contributed by atoms with Gasteiger partial charge in [-0.15, -0.1) is 0 Å². The monoisotopic (exact) mass is 263 g/mol. The lowest BCUT2D eigenvalue weighted by atomic mass is 9.95. The fourth-order valence-electron chi connectivity index (χ4n) is 2.64. The zero-order chi connectivity index (χ0) is 12.5. The number of nitrogens with zero attached hydrogens (tertiary/aromatic N) is 4. The molecule has 2 N–H and O–H groups in total. The first-order chi connectivity index (χ1) is 8.79. The van der Waals surface area contributed by atoms with Crippen LogP contribution < -0.4 is 5.73 Å². The highest BCUT2D eigenvalue weighted by molar-refractivity contribution is 7.98. The molecular weight excluding hydrogens is 246 g/mol. The van der Waals surface area contributed by atoms with Crippen LogP contribution in [-0.2, 0) is 0 Å². The average molecular weight is 263 g/mol. The molecule has 0 spiro atoms. The first-order valence-corrected chi connectivity index (χ1v) is 7.56. The Morgan fingerprint density at radius 1 is 1.28 bits per heavy atom. The second kappa shape index (κ2) is 4.76. The molecule has 1 fully saturated rings. The number of aromatic nitrogens is 4. The lowest BCUT2D eigenvalue weighted by Crippen LogP contribution is -2.12. The van der Waals surface area contributed by atoms with Crippen LogP contribution in [0.3, 0.4) is 0 Å². The van der Waals surface area contributed by atoms with E-state index >= 15 is 0 Å². The van der Waals surface area contributed by atoms with Crippen molar-refractivity contribution in [2.24, 2.45) is 0 Å². The van der Waals surface area contributed by atoms with Crippen LogP contribution >= 0.6 is 11.8 Å². The minimum absolute atomic E-state index is 0.485. The molecular formula is C12H17N5S. The van der Waals surface area contributed by atoms with Crippen molar-refractivity contribution in [1.82, 2.24) is 19.5 Å². The number of thioether (sulfide) groups is 1. The van der Waals surface area contributed by atoms with Crippen molar-refractivity contribution >= 4 is 28.7 Å². The standard InChI is InChI=1S/C12H17N5S/c1-18-12-15-10(13)9-11(16-12)17(7-14-9)8-5-3-2-4-6-8/h7-8H,2-6H2,1H3,(H2,13,15,16). The summed E-state index contributed by atoms with van der Waals surface area (Å²) < 4.78 is 2.19. The molecule has 2 aromatic rings. The summed E-state index contributed by atoms with van der Waals surface area (Å²) in [6.45, 7) is 0. The van der Waals surface area contributed by atoms with Crippen molar-refractivity contribution in [3.8, 4) is 0 Å². The second-order valence-corrected chi connectivity index (χ2v) is 5.48. The number of nitrogens with two attached hydrogens (primary N) is 1.